The van der Waals surface area contributed by atoms with Crippen molar-refractivity contribution in [3.8, 4) is 0 Å². The van der Waals surface area contributed by atoms with E-state index in [2.05, 4.69) is 38.4 Å². The van der Waals surface area contributed by atoms with Gasteiger partial charge in [0.2, 0.25) is 0 Å². The Labute approximate surface area is 125 Å². The summed E-state index contributed by atoms with van der Waals surface area (Å²) in [4.78, 5) is 17.1. The standard InChI is InChI=1S/C14H13BrN2OS/c15-13-12(7-4-8-16-13)14(18)17-9-10-19-11-5-2-1-3-6-11/h1-8H,9-10H2,(H,17,18). The summed E-state index contributed by atoms with van der Waals surface area (Å²) < 4.78 is 0.572. The molecule has 0 saturated carbocycles. The van der Waals surface area contributed by atoms with E-state index >= 15 is 0 Å². The van der Waals surface area contributed by atoms with Gasteiger partial charge in [-0.05, 0) is 40.2 Å². The van der Waals surface area contributed by atoms with Crippen molar-refractivity contribution < 1.29 is 4.79 Å². The Morgan fingerprint density at radius 1 is 1.21 bits per heavy atom. The van der Waals surface area contributed by atoms with E-state index < -0.39 is 0 Å². The number of pyridine rings is 1. The zero-order chi connectivity index (χ0) is 13.5. The lowest BCUT2D eigenvalue weighted by atomic mass is 10.3. The molecule has 2 aromatic rings. The third kappa shape index (κ3) is 4.36. The number of thioether (sulfide) groups is 1. The number of carbonyl (C=O) groups is 1. The monoisotopic (exact) mass is 336 g/mol. The molecule has 0 radical (unpaired) electrons. The Hall–Kier alpha value is -1.33. The maximum Gasteiger partial charge on any atom is 0.254 e. The average molecular weight is 337 g/mol. The van der Waals surface area contributed by atoms with Crippen LogP contribution in [0, 0.1) is 0 Å². The Balaban J connectivity index is 1.77. The molecular weight excluding hydrogens is 324 g/mol. The first kappa shape index (κ1) is 14.1. The van der Waals surface area contributed by atoms with Crippen molar-refractivity contribution in [2.45, 2.75) is 4.90 Å². The van der Waals surface area contributed by atoms with Crippen LogP contribution in [0.3, 0.4) is 0 Å². The lowest BCUT2D eigenvalue weighted by molar-refractivity contribution is 0.0955. The van der Waals surface area contributed by atoms with Gasteiger partial charge in [0.25, 0.3) is 5.91 Å². The smallest absolute Gasteiger partial charge is 0.254 e. The number of aromatic nitrogens is 1. The normalized spacial score (nSPS) is 10.2. The van der Waals surface area contributed by atoms with Gasteiger partial charge in [-0.1, -0.05) is 18.2 Å². The Bertz CT molecular complexity index is 548. The van der Waals surface area contributed by atoms with Crippen molar-refractivity contribution in [2.75, 3.05) is 12.3 Å². The van der Waals surface area contributed by atoms with Gasteiger partial charge < -0.3 is 5.32 Å². The quantitative estimate of drug-likeness (QED) is 0.517. The highest BCUT2D eigenvalue weighted by Gasteiger charge is 2.08. The minimum Gasteiger partial charge on any atom is -0.351 e. The predicted molar refractivity (Wildman–Crippen MR) is 81.4 cm³/mol. The Kier molecular flexibility index (Phi) is 5.42. The second kappa shape index (κ2) is 7.31. The van der Waals surface area contributed by atoms with Crippen LogP contribution in [0.4, 0.5) is 0 Å². The fourth-order valence-electron chi connectivity index (χ4n) is 1.50. The summed E-state index contributed by atoms with van der Waals surface area (Å²) in [6, 6.07) is 13.6. The molecule has 0 unspecified atom stereocenters. The van der Waals surface area contributed by atoms with Gasteiger partial charge in [-0.2, -0.15) is 0 Å². The molecule has 19 heavy (non-hydrogen) atoms. The van der Waals surface area contributed by atoms with Crippen LogP contribution in [0.15, 0.2) is 58.2 Å². The number of rotatable bonds is 5. The predicted octanol–water partition coefficient (Wildman–Crippen LogP) is 3.37. The molecule has 0 aliphatic heterocycles. The van der Waals surface area contributed by atoms with Crippen LogP contribution in [0.1, 0.15) is 10.4 Å². The van der Waals surface area contributed by atoms with Gasteiger partial charge in [-0.25, -0.2) is 4.98 Å². The second-order valence-corrected chi connectivity index (χ2v) is 5.68. The summed E-state index contributed by atoms with van der Waals surface area (Å²) in [7, 11) is 0. The first-order valence-electron chi connectivity index (χ1n) is 5.84. The van der Waals surface area contributed by atoms with E-state index in [9.17, 15) is 4.79 Å². The van der Waals surface area contributed by atoms with Crippen molar-refractivity contribution in [3.63, 3.8) is 0 Å². The molecule has 5 heteroatoms. The van der Waals surface area contributed by atoms with E-state index in [0.717, 1.165) is 5.75 Å². The van der Waals surface area contributed by atoms with Crippen molar-refractivity contribution in [2.24, 2.45) is 0 Å². The molecule has 1 amide bonds. The molecule has 0 spiro atoms. The van der Waals surface area contributed by atoms with E-state index in [4.69, 9.17) is 0 Å². The summed E-state index contributed by atoms with van der Waals surface area (Å²) in [5, 5.41) is 2.88. The fraction of sp³-hybridized carbons (Fsp3) is 0.143. The van der Waals surface area contributed by atoms with Crippen LogP contribution in [-0.4, -0.2) is 23.2 Å². The van der Waals surface area contributed by atoms with E-state index in [0.29, 0.717) is 16.7 Å². The van der Waals surface area contributed by atoms with Gasteiger partial charge in [0.1, 0.15) is 4.60 Å². The van der Waals surface area contributed by atoms with Crippen LogP contribution >= 0.6 is 27.7 Å². The molecule has 0 bridgehead atoms. The van der Waals surface area contributed by atoms with Crippen LogP contribution in [-0.2, 0) is 0 Å². The number of carbonyl (C=O) groups excluding carboxylic acids is 1. The molecule has 98 valence electrons. The SMILES string of the molecule is O=C(NCCSc1ccccc1)c1cccnc1Br. The number of halogens is 1. The molecule has 0 fully saturated rings. The van der Waals surface area contributed by atoms with E-state index in [-0.39, 0.29) is 5.91 Å². The van der Waals surface area contributed by atoms with E-state index in [1.54, 1.807) is 30.1 Å². The zero-order valence-corrected chi connectivity index (χ0v) is 12.6. The first-order valence-corrected chi connectivity index (χ1v) is 7.62. The van der Waals surface area contributed by atoms with E-state index in [1.807, 2.05) is 18.2 Å². The van der Waals surface area contributed by atoms with Crippen molar-refractivity contribution in [1.82, 2.24) is 10.3 Å². The highest BCUT2D eigenvalue weighted by molar-refractivity contribution is 9.10. The first-order chi connectivity index (χ1) is 9.27. The Morgan fingerprint density at radius 3 is 2.74 bits per heavy atom. The third-order valence-corrected chi connectivity index (χ3v) is 4.05. The summed E-state index contributed by atoms with van der Waals surface area (Å²) in [5.41, 5.74) is 0.562. The molecule has 1 aromatic carbocycles. The van der Waals surface area contributed by atoms with Gasteiger partial charge in [-0.3, -0.25) is 4.79 Å². The summed E-state index contributed by atoms with van der Waals surface area (Å²) in [6.07, 6.45) is 1.64. The third-order valence-electron chi connectivity index (χ3n) is 2.40. The average Bonchev–Trinajstić information content (AvgIpc) is 2.45. The minimum atomic E-state index is -0.103. The summed E-state index contributed by atoms with van der Waals surface area (Å²) in [6.45, 7) is 0.625. The molecule has 1 heterocycles. The maximum atomic E-state index is 11.9. The number of benzene rings is 1. The largest absolute Gasteiger partial charge is 0.351 e. The molecule has 0 atom stereocenters. The topological polar surface area (TPSA) is 42.0 Å². The highest BCUT2D eigenvalue weighted by Crippen LogP contribution is 2.16. The zero-order valence-electron chi connectivity index (χ0n) is 10.2. The molecule has 0 saturated heterocycles. The number of hydrogen-bond donors (Lipinski definition) is 1. The minimum absolute atomic E-state index is 0.103. The highest BCUT2D eigenvalue weighted by atomic mass is 79.9. The Morgan fingerprint density at radius 2 is 2.00 bits per heavy atom. The van der Waals surface area contributed by atoms with Gasteiger partial charge in [0, 0.05) is 23.4 Å². The lowest BCUT2D eigenvalue weighted by Gasteiger charge is -2.06. The van der Waals surface area contributed by atoms with Crippen molar-refractivity contribution in [3.05, 3.63) is 58.8 Å². The van der Waals surface area contributed by atoms with E-state index in [1.165, 1.54) is 4.90 Å². The van der Waals surface area contributed by atoms with Crippen LogP contribution in [0.2, 0.25) is 0 Å². The molecule has 1 aromatic heterocycles. The van der Waals surface area contributed by atoms with Crippen LogP contribution < -0.4 is 5.32 Å². The summed E-state index contributed by atoms with van der Waals surface area (Å²) in [5.74, 6) is 0.738. The number of nitrogens with one attached hydrogen (secondary N) is 1. The lowest BCUT2D eigenvalue weighted by Crippen LogP contribution is -2.26. The molecule has 1 N–H and O–H groups in total. The van der Waals surface area contributed by atoms with Crippen molar-refractivity contribution in [1.29, 1.82) is 0 Å². The van der Waals surface area contributed by atoms with Gasteiger partial charge >= 0.3 is 0 Å². The maximum absolute atomic E-state index is 11.9. The molecule has 0 aliphatic carbocycles. The fourth-order valence-corrected chi connectivity index (χ4v) is 2.72. The van der Waals surface area contributed by atoms with Crippen LogP contribution in [0.25, 0.3) is 0 Å². The second-order valence-electron chi connectivity index (χ2n) is 3.76. The summed E-state index contributed by atoms with van der Waals surface area (Å²) >= 11 is 4.99. The van der Waals surface area contributed by atoms with Gasteiger partial charge in [0.05, 0.1) is 5.56 Å². The molecule has 2 rings (SSSR count). The number of nitrogens with zero attached hydrogens (tertiary/aromatic N) is 1. The number of amides is 1. The molecule has 0 aliphatic rings. The van der Waals surface area contributed by atoms with Gasteiger partial charge in [0.15, 0.2) is 0 Å². The van der Waals surface area contributed by atoms with Crippen molar-refractivity contribution >= 4 is 33.6 Å². The molecule has 3 nitrogen and oxygen atoms in total. The van der Waals surface area contributed by atoms with Gasteiger partial charge in [-0.15, -0.1) is 11.8 Å². The van der Waals surface area contributed by atoms with Crippen LogP contribution in [0.5, 0.6) is 0 Å². The molecular formula is C14H13BrN2OS. The number of hydrogen-bond acceptors (Lipinski definition) is 3.